The normalized spacial score (nSPS) is 14.5. The molecule has 10 aromatic carbocycles. The van der Waals surface area contributed by atoms with Gasteiger partial charge in [-0.15, -0.1) is 32.6 Å². The summed E-state index contributed by atoms with van der Waals surface area (Å²) < 4.78 is 49.7. The molecule has 0 saturated carbocycles. The van der Waals surface area contributed by atoms with Crippen LogP contribution < -0.4 is 0 Å². The van der Waals surface area contributed by atoms with Crippen molar-refractivity contribution in [1.82, 2.24) is 0 Å². The molecular formula is C95H84O14. The van der Waals surface area contributed by atoms with Gasteiger partial charge in [0.2, 0.25) is 0 Å². The summed E-state index contributed by atoms with van der Waals surface area (Å²) in [5.74, 6) is 5.52. The molecule has 16 rings (SSSR count). The fraction of sp³-hybridized carbons (Fsp3) is 0.211. The lowest BCUT2D eigenvalue weighted by Crippen LogP contribution is -2.37. The molecule has 0 amide bonds. The Hall–Kier alpha value is -11.6. The molecule has 10 aromatic rings. The largest absolute Gasteiger partial charge is 0.480 e. The Labute approximate surface area is 635 Å². The van der Waals surface area contributed by atoms with Gasteiger partial charge in [0.05, 0.1) is 92.5 Å². The summed E-state index contributed by atoms with van der Waals surface area (Å²) in [6, 6.07) is 59.2. The van der Waals surface area contributed by atoms with Crippen molar-refractivity contribution in [2.24, 2.45) is 5.41 Å². The van der Waals surface area contributed by atoms with Crippen LogP contribution >= 0.6 is 0 Å². The molecule has 1 saturated heterocycles. The first-order valence-electron chi connectivity index (χ1n) is 36.2. The van der Waals surface area contributed by atoms with Crippen molar-refractivity contribution in [3.8, 4) is 24.7 Å². The van der Waals surface area contributed by atoms with Crippen LogP contribution in [0.1, 0.15) is 93.0 Å². The molecule has 1 fully saturated rings. The zero-order valence-corrected chi connectivity index (χ0v) is 61.0. The van der Waals surface area contributed by atoms with E-state index in [9.17, 15) is 24.0 Å². The maximum absolute atomic E-state index is 13.0. The number of allylic oxidation sites excluding steroid dienone is 1. The third-order valence-corrected chi connectivity index (χ3v) is 19.2. The van der Waals surface area contributed by atoms with Gasteiger partial charge in [-0.1, -0.05) is 219 Å². The first kappa shape index (κ1) is 77.0. The monoisotopic (exact) mass is 1450 g/mol. The molecule has 1 heterocycles. The highest BCUT2D eigenvalue weighted by Gasteiger charge is 2.32. The third kappa shape index (κ3) is 18.3. The lowest BCUT2D eigenvalue weighted by Gasteiger charge is -2.32. The van der Waals surface area contributed by atoms with Gasteiger partial charge in [0, 0.05) is 94.1 Å². The SMILES string of the molecule is C#CCOC1=CC(=O)c2cccc3cccc1c23.C#CCOCC1=Cc2cccc3cccc(c23)C1=O.C=CCOCC(CC)(COCC=C)COCC1=Cc2cccc3cccc(c23)C1=O.C=CCOCCOCC1=Cc2cccc3cccc(c23)C1=O.O=C1C(COCC2CO2)=Cc2cccc3cccc1c23. The van der Waals surface area contributed by atoms with Crippen molar-refractivity contribution in [2.45, 2.75) is 19.4 Å². The van der Waals surface area contributed by atoms with Gasteiger partial charge in [0.1, 0.15) is 25.1 Å². The van der Waals surface area contributed by atoms with Gasteiger partial charge in [-0.05, 0) is 79.9 Å². The smallest absolute Gasteiger partial charge is 0.192 e. The number of carbonyl (C=O) groups is 5. The minimum Gasteiger partial charge on any atom is -0.480 e. The molecule has 0 bridgehead atoms. The predicted octanol–water partition coefficient (Wildman–Crippen LogP) is 17.8. The van der Waals surface area contributed by atoms with Crippen LogP contribution in [0.5, 0.6) is 0 Å². The van der Waals surface area contributed by atoms with Gasteiger partial charge in [0.15, 0.2) is 28.9 Å². The topological polar surface area (TPSA) is 172 Å². The molecule has 0 spiro atoms. The van der Waals surface area contributed by atoms with Gasteiger partial charge in [0.25, 0.3) is 0 Å². The van der Waals surface area contributed by atoms with E-state index in [4.69, 9.17) is 55.5 Å². The molecule has 1 unspecified atom stereocenters. The van der Waals surface area contributed by atoms with Crippen LogP contribution in [-0.4, -0.2) is 141 Å². The van der Waals surface area contributed by atoms with Gasteiger partial charge in [-0.25, -0.2) is 0 Å². The van der Waals surface area contributed by atoms with E-state index in [1.165, 1.54) is 6.08 Å². The lowest BCUT2D eigenvalue weighted by atomic mass is 9.87. The molecular weight excluding hydrogens is 1370 g/mol. The van der Waals surface area contributed by atoms with E-state index in [0.717, 1.165) is 128 Å². The van der Waals surface area contributed by atoms with E-state index >= 15 is 0 Å². The molecule has 0 radical (unpaired) electrons. The van der Waals surface area contributed by atoms with Crippen LogP contribution in [0.15, 0.2) is 248 Å². The number of carbonyl (C=O) groups excluding carboxylic acids is 5. The molecule has 14 nitrogen and oxygen atoms in total. The molecule has 0 N–H and O–H groups in total. The number of epoxide rings is 1. The summed E-state index contributed by atoms with van der Waals surface area (Å²) in [5.41, 5.74) is 11.4. The maximum Gasteiger partial charge on any atom is 0.192 e. The van der Waals surface area contributed by atoms with Crippen molar-refractivity contribution in [1.29, 1.82) is 0 Å². The second-order valence-corrected chi connectivity index (χ2v) is 26.6. The number of terminal acetylenes is 2. The minimum absolute atomic E-state index is 0.0290. The van der Waals surface area contributed by atoms with Crippen LogP contribution in [-0.2, 0) is 42.6 Å². The summed E-state index contributed by atoms with van der Waals surface area (Å²) in [7, 11) is 0. The Bertz CT molecular complexity index is 5370. The molecule has 5 aliphatic carbocycles. The average molecular weight is 1450 g/mol. The number of hydrogen-bond acceptors (Lipinski definition) is 14. The number of rotatable bonds is 29. The number of benzene rings is 10. The van der Waals surface area contributed by atoms with Crippen molar-refractivity contribution in [2.75, 3.05) is 106 Å². The number of ether oxygens (including phenoxy) is 9. The Morgan fingerprint density at radius 2 is 0.743 bits per heavy atom. The summed E-state index contributed by atoms with van der Waals surface area (Å²) >= 11 is 0. The van der Waals surface area contributed by atoms with Crippen molar-refractivity contribution >= 4 is 113 Å². The third-order valence-electron chi connectivity index (χ3n) is 19.2. The van der Waals surface area contributed by atoms with E-state index in [1.54, 1.807) is 18.2 Å². The van der Waals surface area contributed by atoms with Crippen LogP contribution in [0, 0.1) is 30.1 Å². The molecule has 1 aliphatic heterocycles. The second kappa shape index (κ2) is 37.3. The number of Topliss-reactive ketones (excluding diaryl/α,β-unsaturated/α-hetero) is 4. The van der Waals surface area contributed by atoms with Crippen molar-refractivity contribution in [3.63, 3.8) is 0 Å². The lowest BCUT2D eigenvalue weighted by molar-refractivity contribution is -0.0594. The van der Waals surface area contributed by atoms with Gasteiger partial charge in [-0.3, -0.25) is 24.0 Å². The Morgan fingerprint density at radius 3 is 1.14 bits per heavy atom. The highest BCUT2D eigenvalue weighted by Crippen LogP contribution is 2.38. The summed E-state index contributed by atoms with van der Waals surface area (Å²) in [6.07, 6.45) is 25.8. The predicted molar refractivity (Wildman–Crippen MR) is 434 cm³/mol. The minimum atomic E-state index is -0.289. The summed E-state index contributed by atoms with van der Waals surface area (Å²) in [6.45, 7) is 19.9. The fourth-order valence-corrected chi connectivity index (χ4v) is 13.8. The van der Waals surface area contributed by atoms with Gasteiger partial charge >= 0.3 is 0 Å². The first-order chi connectivity index (χ1) is 53.4. The molecule has 1 atom stereocenters. The van der Waals surface area contributed by atoms with E-state index in [1.807, 2.05) is 206 Å². The fourth-order valence-electron chi connectivity index (χ4n) is 13.8. The highest BCUT2D eigenvalue weighted by atomic mass is 16.6. The maximum atomic E-state index is 13.0. The Balaban J connectivity index is 0.000000129. The standard InChI is InChI=1S/C26H30O4.C19H18O3.C17H14O3.C17H12O2.C16H10O2/c1-4-13-28-17-26(6-3,18-29-14-5-2)19-30-16-22-15-21-11-7-9-20-10-8-12-23(24(20)21)25(22)27;1-2-9-21-10-11-22-13-16-12-15-7-3-5-14-6-4-8-17(18(14)15)19(16)20;18-17-13(8-19-9-14-10-20-14)7-12-5-1-3-11-4-2-6-15(17)16(11)12;1-2-9-19-11-14-10-13-7-3-5-12-6-4-8-15(16(12)13)17(14)18;1-2-9-18-15-10-14(17)12-7-3-5-11-6-4-8-13(15)16(11)12/h4-5,7-12,15H,1-2,6,13-14,16-19H2,3H3;2-8,12H,1,9-11,13H2;1-7,14H,8-10H2;1,3-8,10H,9,11H2;1,3-8,10H,9H2. The zero-order chi connectivity index (χ0) is 76.1. The first-order valence-corrected chi connectivity index (χ1v) is 36.2. The molecule has 14 heteroatoms. The Kier molecular flexibility index (Phi) is 26.3. The van der Waals surface area contributed by atoms with Crippen LogP contribution in [0.25, 0.3) is 83.9 Å². The van der Waals surface area contributed by atoms with Crippen LogP contribution in [0.2, 0.25) is 0 Å². The van der Waals surface area contributed by atoms with Crippen LogP contribution in [0.3, 0.4) is 0 Å². The van der Waals surface area contributed by atoms with E-state index < -0.39 is 0 Å². The summed E-state index contributed by atoms with van der Waals surface area (Å²) in [5, 5.41) is 10.5. The number of ketones is 5. The van der Waals surface area contributed by atoms with E-state index in [-0.39, 0.29) is 66.9 Å². The van der Waals surface area contributed by atoms with Crippen molar-refractivity contribution < 1.29 is 66.6 Å². The average Bonchev–Trinajstić information content (AvgIpc) is 1.50. The second-order valence-electron chi connectivity index (χ2n) is 26.6. The number of hydrogen-bond donors (Lipinski definition) is 0. The molecule has 548 valence electrons. The summed E-state index contributed by atoms with van der Waals surface area (Å²) in [4.78, 5) is 62.6. The Morgan fingerprint density at radius 1 is 0.404 bits per heavy atom. The zero-order valence-electron chi connectivity index (χ0n) is 61.0. The van der Waals surface area contributed by atoms with E-state index in [2.05, 4.69) is 38.5 Å². The van der Waals surface area contributed by atoms with Gasteiger partial charge in [-0.2, -0.15) is 0 Å². The molecule has 109 heavy (non-hydrogen) atoms. The van der Waals surface area contributed by atoms with Crippen LogP contribution in [0.4, 0.5) is 0 Å². The quantitative estimate of drug-likeness (QED) is 0.0188. The van der Waals surface area contributed by atoms with Gasteiger partial charge < -0.3 is 42.6 Å². The highest BCUT2D eigenvalue weighted by molar-refractivity contribution is 6.26. The molecule has 6 aliphatic rings. The van der Waals surface area contributed by atoms with Crippen molar-refractivity contribution in [3.05, 3.63) is 304 Å². The van der Waals surface area contributed by atoms with E-state index in [0.29, 0.717) is 95.2 Å². The molecule has 0 aromatic heterocycles.